The Balaban J connectivity index is 1.65. The van der Waals surface area contributed by atoms with Crippen LogP contribution in [0.2, 0.25) is 0 Å². The van der Waals surface area contributed by atoms with Gasteiger partial charge in [-0.15, -0.1) is 0 Å². The van der Waals surface area contributed by atoms with Gasteiger partial charge in [0.2, 0.25) is 5.91 Å². The molecule has 4 heterocycles. The minimum atomic E-state index is -3.87. The molecule has 1 amide bonds. The number of anilines is 1. The summed E-state index contributed by atoms with van der Waals surface area (Å²) >= 11 is 0. The highest BCUT2D eigenvalue weighted by atomic mass is 32.2. The number of amides is 1. The molecule has 0 saturated heterocycles. The van der Waals surface area contributed by atoms with Gasteiger partial charge in [0, 0.05) is 55.1 Å². The quantitative estimate of drug-likeness (QED) is 0.591. The molecule has 2 aliphatic heterocycles. The third-order valence-corrected chi connectivity index (χ3v) is 8.33. The number of pyridine rings is 1. The molecule has 1 aromatic carbocycles. The van der Waals surface area contributed by atoms with Crippen LogP contribution in [0.5, 0.6) is 0 Å². The van der Waals surface area contributed by atoms with Crippen LogP contribution in [0.4, 0.5) is 5.69 Å². The van der Waals surface area contributed by atoms with Gasteiger partial charge in [-0.2, -0.15) is 0 Å². The largest absolute Gasteiger partial charge is 0.312 e. The van der Waals surface area contributed by atoms with Gasteiger partial charge in [-0.05, 0) is 67.8 Å². The lowest BCUT2D eigenvalue weighted by Crippen LogP contribution is -2.25. The van der Waals surface area contributed by atoms with E-state index < -0.39 is 10.0 Å². The van der Waals surface area contributed by atoms with E-state index in [0.29, 0.717) is 18.6 Å². The number of rotatable bonds is 4. The molecule has 3 aromatic rings. The second-order valence-corrected chi connectivity index (χ2v) is 10.6. The fourth-order valence-electron chi connectivity index (χ4n) is 4.74. The Bertz CT molecular complexity index is 1400. The zero-order valence-electron chi connectivity index (χ0n) is 19.2. The monoisotopic (exact) mass is 464 g/mol. The van der Waals surface area contributed by atoms with Crippen LogP contribution in [0.1, 0.15) is 37.1 Å². The molecule has 0 saturated carbocycles. The Morgan fingerprint density at radius 3 is 2.64 bits per heavy atom. The normalized spacial score (nSPS) is 16.8. The summed E-state index contributed by atoms with van der Waals surface area (Å²) in [5.41, 5.74) is 5.08. The summed E-state index contributed by atoms with van der Waals surface area (Å²) in [5, 5.41) is 0.857. The van der Waals surface area contributed by atoms with Crippen molar-refractivity contribution in [1.82, 2.24) is 13.9 Å². The average molecular weight is 465 g/mol. The number of fused-ring (bicyclic) bond motifs is 2. The van der Waals surface area contributed by atoms with Crippen molar-refractivity contribution in [2.45, 2.75) is 38.0 Å². The van der Waals surface area contributed by atoms with Gasteiger partial charge in [-0.3, -0.25) is 4.79 Å². The lowest BCUT2D eigenvalue weighted by atomic mass is 10.00. The third kappa shape index (κ3) is 3.67. The molecule has 0 spiro atoms. The summed E-state index contributed by atoms with van der Waals surface area (Å²) in [6.07, 6.45) is 6.15. The van der Waals surface area contributed by atoms with Crippen LogP contribution in [0.3, 0.4) is 0 Å². The van der Waals surface area contributed by atoms with Gasteiger partial charge in [0.25, 0.3) is 10.0 Å². The van der Waals surface area contributed by atoms with Crippen molar-refractivity contribution in [3.8, 4) is 0 Å². The second-order valence-electron chi connectivity index (χ2n) is 8.82. The molecule has 172 valence electrons. The highest BCUT2D eigenvalue weighted by Crippen LogP contribution is 2.35. The van der Waals surface area contributed by atoms with Gasteiger partial charge < -0.3 is 9.80 Å². The van der Waals surface area contributed by atoms with E-state index in [-0.39, 0.29) is 10.8 Å². The number of hydrogen-bond acceptors (Lipinski definition) is 5. The van der Waals surface area contributed by atoms with Crippen molar-refractivity contribution in [1.29, 1.82) is 0 Å². The van der Waals surface area contributed by atoms with Crippen LogP contribution in [0.15, 0.2) is 47.5 Å². The van der Waals surface area contributed by atoms with E-state index in [1.165, 1.54) is 10.9 Å². The average Bonchev–Trinajstić information content (AvgIpc) is 3.41. The van der Waals surface area contributed by atoms with Crippen LogP contribution in [-0.2, 0) is 27.7 Å². The summed E-state index contributed by atoms with van der Waals surface area (Å²) in [6.45, 7) is 5.89. The van der Waals surface area contributed by atoms with E-state index >= 15 is 0 Å². The maximum Gasteiger partial charge on any atom is 0.269 e. The number of aromatic nitrogens is 2. The molecule has 7 nitrogen and oxygen atoms in total. The van der Waals surface area contributed by atoms with E-state index in [0.717, 1.165) is 59.4 Å². The molecule has 0 bridgehead atoms. The first kappa shape index (κ1) is 21.9. The molecular weight excluding hydrogens is 436 g/mol. The molecular formula is C25H28N4O3S. The van der Waals surface area contributed by atoms with Crippen molar-refractivity contribution in [2.75, 3.05) is 31.6 Å². The first-order chi connectivity index (χ1) is 15.8. The van der Waals surface area contributed by atoms with Gasteiger partial charge in [0.15, 0.2) is 5.65 Å². The Morgan fingerprint density at radius 2 is 1.94 bits per heavy atom. The fourth-order valence-corrected chi connectivity index (χ4v) is 6.11. The first-order valence-electron chi connectivity index (χ1n) is 11.3. The molecule has 0 fully saturated rings. The zero-order chi connectivity index (χ0) is 23.3. The molecule has 0 atom stereocenters. The van der Waals surface area contributed by atoms with Crippen LogP contribution in [-0.4, -0.2) is 54.9 Å². The summed E-state index contributed by atoms with van der Waals surface area (Å²) in [6, 6.07) is 9.02. The minimum absolute atomic E-state index is 0.0342. The van der Waals surface area contributed by atoms with Gasteiger partial charge in [-0.25, -0.2) is 17.4 Å². The molecule has 0 aliphatic carbocycles. The Kier molecular flexibility index (Phi) is 5.37. The smallest absolute Gasteiger partial charge is 0.269 e. The SMILES string of the molecule is CCc1ccc2c(C3=CCN(C)CC3)cn(S(=O)(=O)c3ccc4c(c3)CCN4C(C)=O)c2n1. The molecule has 8 heteroatoms. The van der Waals surface area contributed by atoms with Crippen LogP contribution < -0.4 is 4.90 Å². The number of carbonyl (C=O) groups excluding carboxylic acids is 1. The highest BCUT2D eigenvalue weighted by Gasteiger charge is 2.28. The summed E-state index contributed by atoms with van der Waals surface area (Å²) in [7, 11) is -1.78. The van der Waals surface area contributed by atoms with Crippen molar-refractivity contribution >= 4 is 38.2 Å². The topological polar surface area (TPSA) is 75.5 Å². The molecule has 0 N–H and O–H groups in total. The minimum Gasteiger partial charge on any atom is -0.312 e. The Labute approximate surface area is 194 Å². The molecule has 0 unspecified atom stereocenters. The highest BCUT2D eigenvalue weighted by molar-refractivity contribution is 7.90. The van der Waals surface area contributed by atoms with Crippen molar-refractivity contribution < 1.29 is 13.2 Å². The summed E-state index contributed by atoms with van der Waals surface area (Å²) < 4.78 is 29.0. The standard InChI is InChI=1S/C25H28N4O3S/c1-4-20-5-7-22-23(18-9-12-27(3)13-10-18)16-29(25(22)26-20)33(31,32)21-6-8-24-19(15-21)11-14-28(24)17(2)30/h5-9,15-16H,4,10-14H2,1-3H3. The first-order valence-corrected chi connectivity index (χ1v) is 12.8. The maximum absolute atomic E-state index is 13.8. The van der Waals surface area contributed by atoms with Crippen LogP contribution in [0, 0.1) is 0 Å². The van der Waals surface area contributed by atoms with Gasteiger partial charge in [-0.1, -0.05) is 13.0 Å². The summed E-state index contributed by atoms with van der Waals surface area (Å²) in [4.78, 5) is 20.7. The number of aryl methyl sites for hydroxylation is 1. The predicted molar refractivity (Wildman–Crippen MR) is 130 cm³/mol. The van der Waals surface area contributed by atoms with E-state index in [4.69, 9.17) is 4.98 Å². The third-order valence-electron chi connectivity index (χ3n) is 6.68. The van der Waals surface area contributed by atoms with E-state index in [1.807, 2.05) is 19.1 Å². The van der Waals surface area contributed by atoms with Crippen molar-refractivity contribution in [3.63, 3.8) is 0 Å². The molecule has 33 heavy (non-hydrogen) atoms. The predicted octanol–water partition coefficient (Wildman–Crippen LogP) is 3.46. The van der Waals surface area contributed by atoms with E-state index in [9.17, 15) is 13.2 Å². The number of nitrogens with zero attached hydrogens (tertiary/aromatic N) is 4. The summed E-state index contributed by atoms with van der Waals surface area (Å²) in [5.74, 6) is -0.0342. The zero-order valence-corrected chi connectivity index (χ0v) is 20.0. The number of benzene rings is 1. The van der Waals surface area contributed by atoms with Gasteiger partial charge in [0.1, 0.15) is 0 Å². The molecule has 2 aliphatic rings. The Hall–Kier alpha value is -2.97. The molecule has 2 aromatic heterocycles. The van der Waals surface area contributed by atoms with Gasteiger partial charge in [0.05, 0.1) is 4.90 Å². The molecule has 5 rings (SSSR count). The Morgan fingerprint density at radius 1 is 1.12 bits per heavy atom. The lowest BCUT2D eigenvalue weighted by molar-refractivity contribution is -0.116. The fraction of sp³-hybridized carbons (Fsp3) is 0.360. The number of hydrogen-bond donors (Lipinski definition) is 0. The van der Waals surface area contributed by atoms with E-state index in [2.05, 4.69) is 18.0 Å². The van der Waals surface area contributed by atoms with Crippen molar-refractivity contribution in [2.24, 2.45) is 0 Å². The lowest BCUT2D eigenvalue weighted by Gasteiger charge is -2.21. The van der Waals surface area contributed by atoms with Crippen molar-refractivity contribution in [3.05, 3.63) is 59.4 Å². The van der Waals surface area contributed by atoms with E-state index in [1.54, 1.807) is 29.3 Å². The number of likely N-dealkylation sites (N-methyl/N-ethyl adjacent to an activating group) is 1. The number of carbonyl (C=O) groups is 1. The second kappa shape index (κ2) is 8.11. The molecule has 0 radical (unpaired) electrons. The maximum atomic E-state index is 13.8. The van der Waals surface area contributed by atoms with Crippen LogP contribution in [0.25, 0.3) is 16.6 Å². The van der Waals surface area contributed by atoms with Gasteiger partial charge >= 0.3 is 0 Å². The van der Waals surface area contributed by atoms with Crippen LogP contribution >= 0.6 is 0 Å².